The molecule has 0 fully saturated rings. The fourth-order valence-corrected chi connectivity index (χ4v) is 2.60. The average molecular weight is 343 g/mol. The SMILES string of the molecule is CN(C)n1cc(C(=O)O)c(=O)c2cc(CCCOCCC#N)ccc21. The first-order chi connectivity index (χ1) is 12.0. The van der Waals surface area contributed by atoms with Crippen LogP contribution >= 0.6 is 0 Å². The van der Waals surface area contributed by atoms with Crippen molar-refractivity contribution in [1.29, 1.82) is 5.26 Å². The highest BCUT2D eigenvalue weighted by atomic mass is 16.5. The topological polar surface area (TPSA) is 95.6 Å². The Kier molecular flexibility index (Phi) is 6.14. The lowest BCUT2D eigenvalue weighted by Gasteiger charge is -2.20. The zero-order valence-electron chi connectivity index (χ0n) is 14.4. The molecule has 1 aromatic carbocycles. The maximum Gasteiger partial charge on any atom is 0.341 e. The number of hydrogen-bond acceptors (Lipinski definition) is 5. The first kappa shape index (κ1) is 18.5. The summed E-state index contributed by atoms with van der Waals surface area (Å²) in [6, 6.07) is 7.52. The predicted octanol–water partition coefficient (Wildman–Crippen LogP) is 1.76. The summed E-state index contributed by atoms with van der Waals surface area (Å²) in [5.74, 6) is -1.24. The van der Waals surface area contributed by atoms with Gasteiger partial charge in [0.05, 0.1) is 24.6 Å². The van der Waals surface area contributed by atoms with Gasteiger partial charge in [-0.2, -0.15) is 5.26 Å². The predicted molar refractivity (Wildman–Crippen MR) is 94.6 cm³/mol. The summed E-state index contributed by atoms with van der Waals surface area (Å²) >= 11 is 0. The van der Waals surface area contributed by atoms with Crippen LogP contribution in [0.5, 0.6) is 0 Å². The molecule has 0 aliphatic rings. The van der Waals surface area contributed by atoms with Crippen molar-refractivity contribution < 1.29 is 14.6 Å². The van der Waals surface area contributed by atoms with E-state index in [1.54, 1.807) is 29.8 Å². The molecule has 7 nitrogen and oxygen atoms in total. The Balaban J connectivity index is 2.29. The minimum atomic E-state index is -1.24. The van der Waals surface area contributed by atoms with Gasteiger partial charge in [0.1, 0.15) is 5.56 Å². The van der Waals surface area contributed by atoms with E-state index in [4.69, 9.17) is 10.00 Å². The molecule has 2 rings (SSSR count). The van der Waals surface area contributed by atoms with E-state index in [1.807, 2.05) is 18.2 Å². The van der Waals surface area contributed by atoms with E-state index >= 15 is 0 Å². The number of aromatic nitrogens is 1. The summed E-state index contributed by atoms with van der Waals surface area (Å²) < 4.78 is 6.98. The number of carboxylic acid groups (broad SMARTS) is 1. The molecular formula is C18H21N3O4. The minimum absolute atomic E-state index is 0.252. The Bertz CT molecular complexity index is 865. The lowest BCUT2D eigenvalue weighted by atomic mass is 10.0. The second-order valence-corrected chi connectivity index (χ2v) is 5.84. The van der Waals surface area contributed by atoms with Gasteiger partial charge in [-0.25, -0.2) is 4.79 Å². The maximum atomic E-state index is 12.5. The summed E-state index contributed by atoms with van der Waals surface area (Å²) in [7, 11) is 3.56. The number of fused-ring (bicyclic) bond motifs is 1. The summed E-state index contributed by atoms with van der Waals surface area (Å²) in [5, 5.41) is 19.8. The Labute approximate surface area is 145 Å². The summed E-state index contributed by atoms with van der Waals surface area (Å²) in [4.78, 5) is 23.8. The molecule has 0 aliphatic carbocycles. The lowest BCUT2D eigenvalue weighted by molar-refractivity contribution is 0.0695. The number of nitriles is 1. The van der Waals surface area contributed by atoms with Gasteiger partial charge in [-0.1, -0.05) is 6.07 Å². The van der Waals surface area contributed by atoms with E-state index in [-0.39, 0.29) is 5.56 Å². The number of benzene rings is 1. The van der Waals surface area contributed by atoms with Crippen LogP contribution in [-0.4, -0.2) is 43.1 Å². The van der Waals surface area contributed by atoms with Crippen molar-refractivity contribution in [3.63, 3.8) is 0 Å². The van der Waals surface area contributed by atoms with E-state index in [0.717, 1.165) is 12.0 Å². The van der Waals surface area contributed by atoms with Crippen molar-refractivity contribution in [2.75, 3.05) is 32.3 Å². The second kappa shape index (κ2) is 8.31. The van der Waals surface area contributed by atoms with Crippen molar-refractivity contribution in [2.45, 2.75) is 19.3 Å². The molecule has 1 heterocycles. The summed E-state index contributed by atoms with van der Waals surface area (Å²) in [6.07, 6.45) is 3.19. The Morgan fingerprint density at radius 3 is 2.76 bits per heavy atom. The van der Waals surface area contributed by atoms with Gasteiger partial charge < -0.3 is 14.9 Å². The molecule has 0 aliphatic heterocycles. The molecule has 0 unspecified atom stereocenters. The van der Waals surface area contributed by atoms with E-state index in [0.29, 0.717) is 37.0 Å². The summed E-state index contributed by atoms with van der Waals surface area (Å²) in [5.41, 5.74) is 0.876. The fraction of sp³-hybridized carbons (Fsp3) is 0.389. The molecule has 2 aromatic rings. The Morgan fingerprint density at radius 2 is 2.12 bits per heavy atom. The van der Waals surface area contributed by atoms with Crippen molar-refractivity contribution in [3.05, 3.63) is 45.7 Å². The monoisotopic (exact) mass is 343 g/mol. The van der Waals surface area contributed by atoms with Crippen LogP contribution in [0, 0.1) is 11.3 Å². The molecule has 0 saturated heterocycles. The van der Waals surface area contributed by atoms with Crippen LogP contribution in [0.15, 0.2) is 29.2 Å². The van der Waals surface area contributed by atoms with Gasteiger partial charge in [0, 0.05) is 32.3 Å². The van der Waals surface area contributed by atoms with Gasteiger partial charge in [0.2, 0.25) is 5.43 Å². The molecule has 0 saturated carbocycles. The zero-order chi connectivity index (χ0) is 18.4. The number of aryl methyl sites for hydroxylation is 1. The molecule has 1 N–H and O–H groups in total. The van der Waals surface area contributed by atoms with Crippen molar-refractivity contribution in [1.82, 2.24) is 4.68 Å². The second-order valence-electron chi connectivity index (χ2n) is 5.84. The van der Waals surface area contributed by atoms with E-state index < -0.39 is 11.4 Å². The first-order valence-electron chi connectivity index (χ1n) is 7.99. The maximum absolute atomic E-state index is 12.5. The average Bonchev–Trinajstić information content (AvgIpc) is 2.58. The normalized spacial score (nSPS) is 10.6. The van der Waals surface area contributed by atoms with E-state index in [1.165, 1.54) is 6.20 Å². The largest absolute Gasteiger partial charge is 0.477 e. The molecule has 132 valence electrons. The van der Waals surface area contributed by atoms with E-state index in [9.17, 15) is 14.7 Å². The van der Waals surface area contributed by atoms with Crippen LogP contribution < -0.4 is 10.4 Å². The highest BCUT2D eigenvalue weighted by Gasteiger charge is 2.15. The van der Waals surface area contributed by atoms with Gasteiger partial charge in [-0.3, -0.25) is 9.47 Å². The van der Waals surface area contributed by atoms with Crippen LogP contribution in [0.2, 0.25) is 0 Å². The standard InChI is InChI=1S/C18H21N3O4/c1-20(2)21-12-15(18(23)24)17(22)14-11-13(6-7-16(14)21)5-3-9-25-10-4-8-19/h6-7,11-12H,3-5,9-10H2,1-2H3,(H,23,24). The van der Waals surface area contributed by atoms with Gasteiger partial charge in [0.25, 0.3) is 0 Å². The fourth-order valence-electron chi connectivity index (χ4n) is 2.60. The molecule has 1 aromatic heterocycles. The number of carboxylic acids is 1. The lowest BCUT2D eigenvalue weighted by Crippen LogP contribution is -2.29. The molecule has 0 spiro atoms. The molecule has 0 amide bonds. The van der Waals surface area contributed by atoms with Crippen LogP contribution in [0.3, 0.4) is 0 Å². The third-order valence-electron chi connectivity index (χ3n) is 3.82. The molecule has 0 atom stereocenters. The number of rotatable bonds is 8. The summed E-state index contributed by atoms with van der Waals surface area (Å²) in [6.45, 7) is 0.959. The van der Waals surface area contributed by atoms with Crippen molar-refractivity contribution >= 4 is 16.9 Å². The van der Waals surface area contributed by atoms with E-state index in [2.05, 4.69) is 0 Å². The number of pyridine rings is 1. The quantitative estimate of drug-likeness (QED) is 0.734. The zero-order valence-corrected chi connectivity index (χ0v) is 14.4. The first-order valence-corrected chi connectivity index (χ1v) is 7.99. The van der Waals surface area contributed by atoms with Crippen LogP contribution in [0.4, 0.5) is 0 Å². The highest BCUT2D eigenvalue weighted by Crippen LogP contribution is 2.16. The molecule has 0 radical (unpaired) electrons. The third kappa shape index (κ3) is 4.37. The van der Waals surface area contributed by atoms with Crippen molar-refractivity contribution in [3.8, 4) is 6.07 Å². The number of nitrogens with zero attached hydrogens (tertiary/aromatic N) is 3. The molecule has 0 bridgehead atoms. The van der Waals surface area contributed by atoms with Crippen LogP contribution in [-0.2, 0) is 11.2 Å². The number of aromatic carboxylic acids is 1. The molecule has 7 heteroatoms. The van der Waals surface area contributed by atoms with Crippen LogP contribution in [0.1, 0.15) is 28.8 Å². The molecule has 25 heavy (non-hydrogen) atoms. The minimum Gasteiger partial charge on any atom is -0.477 e. The number of ether oxygens (including phenoxy) is 1. The Morgan fingerprint density at radius 1 is 1.36 bits per heavy atom. The molecular weight excluding hydrogens is 322 g/mol. The number of hydrogen-bond donors (Lipinski definition) is 1. The van der Waals surface area contributed by atoms with Crippen molar-refractivity contribution in [2.24, 2.45) is 0 Å². The number of carbonyl (C=O) groups is 1. The Hall–Kier alpha value is -2.85. The third-order valence-corrected chi connectivity index (χ3v) is 3.82. The highest BCUT2D eigenvalue weighted by molar-refractivity contribution is 5.92. The van der Waals surface area contributed by atoms with Crippen LogP contribution in [0.25, 0.3) is 10.9 Å². The van der Waals surface area contributed by atoms with Gasteiger partial charge in [-0.15, -0.1) is 0 Å². The smallest absolute Gasteiger partial charge is 0.341 e. The van der Waals surface area contributed by atoms with Gasteiger partial charge in [0.15, 0.2) is 0 Å². The van der Waals surface area contributed by atoms with Gasteiger partial charge in [-0.05, 0) is 30.5 Å². The van der Waals surface area contributed by atoms with Gasteiger partial charge >= 0.3 is 5.97 Å².